The van der Waals surface area contributed by atoms with E-state index in [2.05, 4.69) is 26.4 Å². The number of carbonyl (C=O) groups excluding carboxylic acids is 1. The lowest BCUT2D eigenvalue weighted by atomic mass is 10.1. The number of hydrogen-bond acceptors (Lipinski definition) is 3. The van der Waals surface area contributed by atoms with Crippen LogP contribution in [0.15, 0.2) is 39.3 Å². The molecule has 3 rings (SSSR count). The van der Waals surface area contributed by atoms with Crippen LogP contribution in [-0.2, 0) is 6.42 Å². The van der Waals surface area contributed by atoms with Crippen LogP contribution in [0.4, 0.5) is 10.5 Å². The molecule has 1 atom stereocenters. The second-order valence-electron chi connectivity index (χ2n) is 5.34. The van der Waals surface area contributed by atoms with E-state index in [-0.39, 0.29) is 12.1 Å². The molecule has 2 amide bonds. The molecule has 0 saturated carbocycles. The average molecular weight is 364 g/mol. The zero-order chi connectivity index (χ0) is 15.5. The number of amides is 2. The fourth-order valence-electron chi connectivity index (χ4n) is 2.71. The van der Waals surface area contributed by atoms with Gasteiger partial charge in [-0.15, -0.1) is 0 Å². The van der Waals surface area contributed by atoms with Gasteiger partial charge in [0.15, 0.2) is 5.76 Å². The molecule has 1 aromatic heterocycles. The number of aromatic nitrogens is 1. The van der Waals surface area contributed by atoms with Gasteiger partial charge in [-0.1, -0.05) is 24.2 Å². The molecule has 5 nitrogen and oxygen atoms in total. The molecule has 0 bridgehead atoms. The van der Waals surface area contributed by atoms with Crippen molar-refractivity contribution in [2.24, 2.45) is 0 Å². The van der Waals surface area contributed by atoms with Crippen molar-refractivity contribution < 1.29 is 9.32 Å². The molecule has 1 N–H and O–H groups in total. The Balaban J connectivity index is 1.75. The monoisotopic (exact) mass is 363 g/mol. The Morgan fingerprint density at radius 2 is 2.32 bits per heavy atom. The van der Waals surface area contributed by atoms with Crippen molar-refractivity contribution in [3.63, 3.8) is 0 Å². The van der Waals surface area contributed by atoms with E-state index in [4.69, 9.17) is 4.52 Å². The molecule has 22 heavy (non-hydrogen) atoms. The Bertz CT molecular complexity index is 671. The minimum Gasteiger partial charge on any atom is -0.359 e. The molecule has 2 heterocycles. The van der Waals surface area contributed by atoms with Gasteiger partial charge in [0.2, 0.25) is 0 Å². The lowest BCUT2D eigenvalue weighted by Gasteiger charge is -2.23. The molecule has 1 aliphatic rings. The number of aryl methyl sites for hydroxylation is 1. The number of halogens is 1. The van der Waals surface area contributed by atoms with Gasteiger partial charge in [0.25, 0.3) is 0 Å². The Labute approximate surface area is 137 Å². The molecule has 6 heteroatoms. The van der Waals surface area contributed by atoms with E-state index < -0.39 is 0 Å². The molecule has 0 spiro atoms. The SMILES string of the molecule is CCc1cc([C@H]2CCCN2C(=O)Nc2ccccc2Br)on1. The van der Waals surface area contributed by atoms with Crippen molar-refractivity contribution in [2.75, 3.05) is 11.9 Å². The van der Waals surface area contributed by atoms with Crippen molar-refractivity contribution in [3.05, 3.63) is 46.3 Å². The molecule has 2 aromatic rings. The largest absolute Gasteiger partial charge is 0.359 e. The van der Waals surface area contributed by atoms with Gasteiger partial charge in [-0.2, -0.15) is 0 Å². The Kier molecular flexibility index (Phi) is 4.47. The van der Waals surface area contributed by atoms with Crippen molar-refractivity contribution in [1.82, 2.24) is 10.1 Å². The highest BCUT2D eigenvalue weighted by molar-refractivity contribution is 9.10. The van der Waals surface area contributed by atoms with Gasteiger partial charge < -0.3 is 14.7 Å². The van der Waals surface area contributed by atoms with Crippen LogP contribution in [0.2, 0.25) is 0 Å². The molecule has 1 saturated heterocycles. The van der Waals surface area contributed by atoms with Gasteiger partial charge in [-0.05, 0) is 47.3 Å². The third-order valence-electron chi connectivity index (χ3n) is 3.90. The molecule has 0 aliphatic carbocycles. The summed E-state index contributed by atoms with van der Waals surface area (Å²) >= 11 is 3.44. The van der Waals surface area contributed by atoms with Gasteiger partial charge in [-0.25, -0.2) is 4.79 Å². The fraction of sp³-hybridized carbons (Fsp3) is 0.375. The number of anilines is 1. The Morgan fingerprint density at radius 1 is 1.50 bits per heavy atom. The molecular weight excluding hydrogens is 346 g/mol. The molecule has 1 aliphatic heterocycles. The van der Waals surface area contributed by atoms with E-state index in [0.29, 0.717) is 0 Å². The van der Waals surface area contributed by atoms with E-state index in [1.807, 2.05) is 42.2 Å². The normalized spacial score (nSPS) is 17.7. The van der Waals surface area contributed by atoms with E-state index in [1.54, 1.807) is 0 Å². The summed E-state index contributed by atoms with van der Waals surface area (Å²) in [5.74, 6) is 0.775. The maximum atomic E-state index is 12.6. The van der Waals surface area contributed by atoms with Gasteiger partial charge >= 0.3 is 6.03 Å². The number of rotatable bonds is 3. The van der Waals surface area contributed by atoms with Gasteiger partial charge in [-0.3, -0.25) is 0 Å². The minimum atomic E-state index is -0.108. The summed E-state index contributed by atoms with van der Waals surface area (Å²) in [4.78, 5) is 14.4. The molecule has 116 valence electrons. The first-order chi connectivity index (χ1) is 10.7. The third kappa shape index (κ3) is 3.02. The number of benzene rings is 1. The summed E-state index contributed by atoms with van der Waals surface area (Å²) in [5, 5.41) is 6.98. The summed E-state index contributed by atoms with van der Waals surface area (Å²) in [5.41, 5.74) is 1.69. The molecular formula is C16H18BrN3O2. The second-order valence-corrected chi connectivity index (χ2v) is 6.19. The molecule has 0 unspecified atom stereocenters. The van der Waals surface area contributed by atoms with E-state index in [1.165, 1.54) is 0 Å². The highest BCUT2D eigenvalue weighted by Crippen LogP contribution is 2.33. The topological polar surface area (TPSA) is 58.4 Å². The minimum absolute atomic E-state index is 0.0321. The summed E-state index contributed by atoms with van der Waals surface area (Å²) in [6.07, 6.45) is 2.71. The highest BCUT2D eigenvalue weighted by atomic mass is 79.9. The Morgan fingerprint density at radius 3 is 3.05 bits per heavy atom. The first kappa shape index (κ1) is 15.1. The number of carbonyl (C=O) groups is 1. The van der Waals surface area contributed by atoms with Crippen LogP contribution in [0.5, 0.6) is 0 Å². The van der Waals surface area contributed by atoms with Gasteiger partial charge in [0, 0.05) is 17.1 Å². The number of urea groups is 1. The first-order valence-electron chi connectivity index (χ1n) is 7.46. The lowest BCUT2D eigenvalue weighted by molar-refractivity contribution is 0.195. The van der Waals surface area contributed by atoms with Crippen LogP contribution >= 0.6 is 15.9 Å². The van der Waals surface area contributed by atoms with E-state index >= 15 is 0 Å². The van der Waals surface area contributed by atoms with Crippen LogP contribution in [-0.4, -0.2) is 22.6 Å². The van der Waals surface area contributed by atoms with Crippen molar-refractivity contribution in [1.29, 1.82) is 0 Å². The lowest BCUT2D eigenvalue weighted by Crippen LogP contribution is -2.34. The predicted octanol–water partition coefficient (Wildman–Crippen LogP) is 4.37. The highest BCUT2D eigenvalue weighted by Gasteiger charge is 2.33. The predicted molar refractivity (Wildman–Crippen MR) is 87.7 cm³/mol. The van der Waals surface area contributed by atoms with E-state index in [0.717, 1.165) is 47.4 Å². The zero-order valence-electron chi connectivity index (χ0n) is 12.4. The summed E-state index contributed by atoms with van der Waals surface area (Å²) in [7, 11) is 0. The number of hydrogen-bond donors (Lipinski definition) is 1. The van der Waals surface area contributed by atoms with Crippen molar-refractivity contribution >= 4 is 27.6 Å². The van der Waals surface area contributed by atoms with Crippen LogP contribution < -0.4 is 5.32 Å². The molecule has 0 radical (unpaired) electrons. The molecule has 1 aromatic carbocycles. The van der Waals surface area contributed by atoms with Gasteiger partial charge in [0.1, 0.15) is 0 Å². The molecule has 1 fully saturated rings. The third-order valence-corrected chi connectivity index (χ3v) is 4.59. The van der Waals surface area contributed by atoms with Crippen molar-refractivity contribution in [3.8, 4) is 0 Å². The second kappa shape index (κ2) is 6.52. The van der Waals surface area contributed by atoms with E-state index in [9.17, 15) is 4.79 Å². The number of nitrogens with one attached hydrogen (secondary N) is 1. The van der Waals surface area contributed by atoms with Crippen LogP contribution in [0.3, 0.4) is 0 Å². The van der Waals surface area contributed by atoms with Crippen LogP contribution in [0.25, 0.3) is 0 Å². The average Bonchev–Trinajstić information content (AvgIpc) is 3.17. The summed E-state index contributed by atoms with van der Waals surface area (Å²) in [6.45, 7) is 2.76. The number of likely N-dealkylation sites (tertiary alicyclic amines) is 1. The van der Waals surface area contributed by atoms with Crippen LogP contribution in [0, 0.1) is 0 Å². The summed E-state index contributed by atoms with van der Waals surface area (Å²) in [6, 6.07) is 9.40. The fourth-order valence-corrected chi connectivity index (χ4v) is 3.09. The van der Waals surface area contributed by atoms with Gasteiger partial charge in [0.05, 0.1) is 17.4 Å². The zero-order valence-corrected chi connectivity index (χ0v) is 14.0. The smallest absolute Gasteiger partial charge is 0.322 e. The maximum Gasteiger partial charge on any atom is 0.322 e. The first-order valence-corrected chi connectivity index (χ1v) is 8.26. The number of nitrogens with zero attached hydrogens (tertiary/aromatic N) is 2. The summed E-state index contributed by atoms with van der Waals surface area (Å²) < 4.78 is 6.28. The maximum absolute atomic E-state index is 12.6. The number of para-hydroxylation sites is 1. The standard InChI is InChI=1S/C16H18BrN3O2/c1-2-11-10-15(22-19-11)14-8-5-9-20(14)16(21)18-13-7-4-3-6-12(13)17/h3-4,6-7,10,14H,2,5,8-9H2,1H3,(H,18,21)/t14-/m1/s1. The van der Waals surface area contributed by atoms with Crippen molar-refractivity contribution in [2.45, 2.75) is 32.2 Å². The quantitative estimate of drug-likeness (QED) is 0.880. The Hall–Kier alpha value is -1.82. The van der Waals surface area contributed by atoms with Crippen LogP contribution in [0.1, 0.15) is 37.3 Å².